The number of nitrogens with one attached hydrogen (secondary N) is 2. The summed E-state index contributed by atoms with van der Waals surface area (Å²) in [5.41, 5.74) is 4.07. The van der Waals surface area contributed by atoms with E-state index in [1.54, 1.807) is 0 Å². The number of aromatic amines is 1. The molecule has 2 aromatic carbocycles. The first-order valence-electron chi connectivity index (χ1n) is 8.91. The molecule has 0 spiro atoms. The van der Waals surface area contributed by atoms with Gasteiger partial charge in [0.15, 0.2) is 6.61 Å². The summed E-state index contributed by atoms with van der Waals surface area (Å²) in [6.45, 7) is 8.12. The van der Waals surface area contributed by atoms with Gasteiger partial charge in [0.2, 0.25) is 0 Å². The number of para-hydroxylation sites is 2. The molecule has 1 atom stereocenters. The van der Waals surface area contributed by atoms with Gasteiger partial charge >= 0.3 is 0 Å². The summed E-state index contributed by atoms with van der Waals surface area (Å²) in [4.78, 5) is 20.1. The molecule has 0 aliphatic heterocycles. The van der Waals surface area contributed by atoms with Crippen LogP contribution in [-0.4, -0.2) is 22.5 Å². The smallest absolute Gasteiger partial charge is 0.258 e. The summed E-state index contributed by atoms with van der Waals surface area (Å²) in [5, 5.41) is 2.93. The van der Waals surface area contributed by atoms with Gasteiger partial charge in [-0.3, -0.25) is 4.79 Å². The average molecular weight is 351 g/mol. The number of aryl methyl sites for hydroxylation is 1. The molecule has 0 saturated heterocycles. The molecule has 1 heterocycles. The van der Waals surface area contributed by atoms with Gasteiger partial charge in [-0.25, -0.2) is 4.98 Å². The van der Waals surface area contributed by atoms with E-state index in [0.29, 0.717) is 5.92 Å². The lowest BCUT2D eigenvalue weighted by atomic mass is 10.0. The lowest BCUT2D eigenvalue weighted by Gasteiger charge is -2.16. The number of fused-ring (bicyclic) bond motifs is 1. The fraction of sp³-hybridized carbons (Fsp3) is 0.333. The maximum atomic E-state index is 12.3. The summed E-state index contributed by atoms with van der Waals surface area (Å²) >= 11 is 0. The van der Waals surface area contributed by atoms with Crippen molar-refractivity contribution in [2.45, 2.75) is 39.7 Å². The largest absolute Gasteiger partial charge is 0.483 e. The van der Waals surface area contributed by atoms with Crippen molar-refractivity contribution in [3.05, 3.63) is 59.4 Å². The third-order valence-corrected chi connectivity index (χ3v) is 4.35. The van der Waals surface area contributed by atoms with E-state index < -0.39 is 0 Å². The van der Waals surface area contributed by atoms with Gasteiger partial charge in [-0.2, -0.15) is 0 Å². The summed E-state index contributed by atoms with van der Waals surface area (Å²) in [5.74, 6) is 1.67. The highest BCUT2D eigenvalue weighted by molar-refractivity contribution is 5.78. The minimum absolute atomic E-state index is 0.0201. The Morgan fingerprint density at radius 3 is 2.69 bits per heavy atom. The Kier molecular flexibility index (Phi) is 5.26. The van der Waals surface area contributed by atoms with Crippen LogP contribution in [0.3, 0.4) is 0 Å². The quantitative estimate of drug-likeness (QED) is 0.697. The van der Waals surface area contributed by atoms with Crippen molar-refractivity contribution in [1.82, 2.24) is 15.3 Å². The Bertz CT molecular complexity index is 882. The van der Waals surface area contributed by atoms with Crippen molar-refractivity contribution in [3.8, 4) is 5.75 Å². The van der Waals surface area contributed by atoms with Gasteiger partial charge < -0.3 is 15.0 Å². The monoisotopic (exact) mass is 351 g/mol. The van der Waals surface area contributed by atoms with E-state index in [1.165, 1.54) is 0 Å². The molecule has 0 aliphatic rings. The van der Waals surface area contributed by atoms with E-state index in [-0.39, 0.29) is 18.6 Å². The van der Waals surface area contributed by atoms with E-state index in [2.05, 4.69) is 41.3 Å². The van der Waals surface area contributed by atoms with Crippen molar-refractivity contribution >= 4 is 16.9 Å². The molecule has 2 N–H and O–H groups in total. The number of benzene rings is 2. The average Bonchev–Trinajstić information content (AvgIpc) is 3.04. The van der Waals surface area contributed by atoms with E-state index in [0.717, 1.165) is 33.7 Å². The normalized spacial score (nSPS) is 12.3. The zero-order valence-electron chi connectivity index (χ0n) is 15.7. The molecule has 5 nitrogen and oxygen atoms in total. The minimum atomic E-state index is -0.222. The topological polar surface area (TPSA) is 67.0 Å². The van der Waals surface area contributed by atoms with Gasteiger partial charge in [0.25, 0.3) is 5.91 Å². The number of hydrogen-bond donors (Lipinski definition) is 2. The number of carbonyl (C=O) groups excluding carboxylic acids is 1. The van der Waals surface area contributed by atoms with Gasteiger partial charge in [0, 0.05) is 0 Å². The number of carbonyl (C=O) groups is 1. The van der Waals surface area contributed by atoms with Crippen LogP contribution in [0.25, 0.3) is 11.0 Å². The van der Waals surface area contributed by atoms with Crippen LogP contribution in [0.15, 0.2) is 42.5 Å². The summed E-state index contributed by atoms with van der Waals surface area (Å²) in [6.07, 6.45) is 0. The Morgan fingerprint density at radius 2 is 1.96 bits per heavy atom. The number of imidazole rings is 1. The standard InChI is InChI=1S/C21H25N3O2/c1-13(2)16-10-9-14(3)11-19(16)26-12-20(25)22-15(4)21-23-17-7-5-6-8-18(17)24-21/h5-11,13,15H,12H2,1-4H3,(H,22,25)(H,23,24). The predicted molar refractivity (Wildman–Crippen MR) is 103 cm³/mol. The number of nitrogens with zero attached hydrogens (tertiary/aromatic N) is 1. The third kappa shape index (κ3) is 4.04. The first-order valence-corrected chi connectivity index (χ1v) is 8.91. The third-order valence-electron chi connectivity index (χ3n) is 4.35. The first-order chi connectivity index (χ1) is 12.4. The maximum absolute atomic E-state index is 12.3. The van der Waals surface area contributed by atoms with Gasteiger partial charge in [-0.15, -0.1) is 0 Å². The van der Waals surface area contributed by atoms with Crippen LogP contribution in [0.4, 0.5) is 0 Å². The van der Waals surface area contributed by atoms with Gasteiger partial charge in [0.05, 0.1) is 17.1 Å². The predicted octanol–water partition coefficient (Wildman–Crippen LogP) is 4.25. The Labute approximate surface area is 153 Å². The zero-order chi connectivity index (χ0) is 18.7. The summed E-state index contributed by atoms with van der Waals surface area (Å²) in [6, 6.07) is 13.7. The van der Waals surface area contributed by atoms with Crippen LogP contribution in [0.1, 0.15) is 49.7 Å². The van der Waals surface area contributed by atoms with E-state index in [9.17, 15) is 4.79 Å². The van der Waals surface area contributed by atoms with Crippen molar-refractivity contribution in [2.24, 2.45) is 0 Å². The van der Waals surface area contributed by atoms with E-state index >= 15 is 0 Å². The highest BCUT2D eigenvalue weighted by Gasteiger charge is 2.15. The van der Waals surface area contributed by atoms with Crippen molar-refractivity contribution < 1.29 is 9.53 Å². The lowest BCUT2D eigenvalue weighted by molar-refractivity contribution is -0.123. The molecule has 3 rings (SSSR count). The van der Waals surface area contributed by atoms with Crippen molar-refractivity contribution in [2.75, 3.05) is 6.61 Å². The highest BCUT2D eigenvalue weighted by Crippen LogP contribution is 2.27. The SMILES string of the molecule is Cc1ccc(C(C)C)c(OCC(=O)NC(C)c2nc3ccccc3[nH]2)c1. The molecule has 0 aliphatic carbocycles. The van der Waals surface area contributed by atoms with Crippen molar-refractivity contribution in [3.63, 3.8) is 0 Å². The van der Waals surface area contributed by atoms with Gasteiger partial charge in [-0.1, -0.05) is 38.1 Å². The molecule has 1 aromatic heterocycles. The molecule has 5 heteroatoms. The lowest BCUT2D eigenvalue weighted by Crippen LogP contribution is -2.31. The van der Waals surface area contributed by atoms with Gasteiger partial charge in [0.1, 0.15) is 11.6 Å². The summed E-state index contributed by atoms with van der Waals surface area (Å²) < 4.78 is 5.79. The van der Waals surface area contributed by atoms with Gasteiger partial charge in [-0.05, 0) is 49.1 Å². The zero-order valence-corrected chi connectivity index (χ0v) is 15.7. The Balaban J connectivity index is 1.63. The molecular formula is C21H25N3O2. The van der Waals surface area contributed by atoms with Crippen LogP contribution in [0.5, 0.6) is 5.75 Å². The second kappa shape index (κ2) is 7.60. The molecule has 0 bridgehead atoms. The van der Waals surface area contributed by atoms with E-state index in [4.69, 9.17) is 4.74 Å². The van der Waals surface area contributed by atoms with Crippen LogP contribution in [0, 0.1) is 6.92 Å². The number of aromatic nitrogens is 2. The molecule has 0 saturated carbocycles. The Hall–Kier alpha value is -2.82. The molecule has 26 heavy (non-hydrogen) atoms. The van der Waals surface area contributed by atoms with E-state index in [1.807, 2.05) is 44.2 Å². The fourth-order valence-corrected chi connectivity index (χ4v) is 2.92. The number of rotatable bonds is 6. The first kappa shape index (κ1) is 18.0. The fourth-order valence-electron chi connectivity index (χ4n) is 2.92. The second-order valence-electron chi connectivity index (χ2n) is 6.91. The molecule has 136 valence electrons. The van der Waals surface area contributed by atoms with Crippen LogP contribution in [-0.2, 0) is 4.79 Å². The molecule has 0 radical (unpaired) electrons. The highest BCUT2D eigenvalue weighted by atomic mass is 16.5. The number of H-pyrrole nitrogens is 1. The van der Waals surface area contributed by atoms with Crippen LogP contribution < -0.4 is 10.1 Å². The molecule has 1 unspecified atom stereocenters. The summed E-state index contributed by atoms with van der Waals surface area (Å²) in [7, 11) is 0. The minimum Gasteiger partial charge on any atom is -0.483 e. The molecular weight excluding hydrogens is 326 g/mol. The Morgan fingerprint density at radius 1 is 1.19 bits per heavy atom. The molecule has 3 aromatic rings. The second-order valence-corrected chi connectivity index (χ2v) is 6.91. The maximum Gasteiger partial charge on any atom is 0.258 e. The number of ether oxygens (including phenoxy) is 1. The van der Waals surface area contributed by atoms with Crippen LogP contribution in [0.2, 0.25) is 0 Å². The number of amides is 1. The van der Waals surface area contributed by atoms with Crippen molar-refractivity contribution in [1.29, 1.82) is 0 Å². The molecule has 0 fully saturated rings. The number of hydrogen-bond acceptors (Lipinski definition) is 3. The molecule has 1 amide bonds. The van der Waals surface area contributed by atoms with Crippen LogP contribution >= 0.6 is 0 Å².